The number of benzene rings is 3. The van der Waals surface area contributed by atoms with E-state index in [-0.39, 0.29) is 12.4 Å². The topological polar surface area (TPSA) is 99.1 Å². The molecule has 0 aliphatic carbocycles. The third kappa shape index (κ3) is 9.58. The number of nitrogens with zero attached hydrogens (tertiary/aromatic N) is 1. The molecule has 0 saturated heterocycles. The predicted molar refractivity (Wildman–Crippen MR) is 140 cm³/mol. The van der Waals surface area contributed by atoms with Crippen molar-refractivity contribution in [3.8, 4) is 11.5 Å². The number of sulfonamides is 1. The van der Waals surface area contributed by atoms with Gasteiger partial charge >= 0.3 is 0 Å². The van der Waals surface area contributed by atoms with Crippen molar-refractivity contribution < 1.29 is 23.4 Å². The van der Waals surface area contributed by atoms with Gasteiger partial charge in [0, 0.05) is 25.3 Å². The monoisotopic (exact) mass is 538 g/mol. The molecule has 0 bridgehead atoms. The highest BCUT2D eigenvalue weighted by molar-refractivity contribution is 7.92. The summed E-state index contributed by atoms with van der Waals surface area (Å²) in [6, 6.07) is 18.9. The number of halogens is 2. The number of anilines is 1. The van der Waals surface area contributed by atoms with Gasteiger partial charge in [-0.3, -0.25) is 9.62 Å². The SMILES string of the molecule is CS(=O)(=O)Nc1ccc(OC[C@@H](O)CN(CCc2ccc(Cl)c(Cl)c2)Cc2ccc(O)cc2)cc1. The maximum atomic E-state index is 11.3. The van der Waals surface area contributed by atoms with Crippen molar-refractivity contribution in [1.82, 2.24) is 4.90 Å². The highest BCUT2D eigenvalue weighted by Gasteiger charge is 2.14. The van der Waals surface area contributed by atoms with Crippen LogP contribution in [0.3, 0.4) is 0 Å². The molecule has 0 saturated carbocycles. The molecule has 0 heterocycles. The van der Waals surface area contributed by atoms with Gasteiger partial charge in [0.2, 0.25) is 10.0 Å². The van der Waals surface area contributed by atoms with E-state index in [2.05, 4.69) is 9.62 Å². The summed E-state index contributed by atoms with van der Waals surface area (Å²) in [6.45, 7) is 1.65. The minimum Gasteiger partial charge on any atom is -0.508 e. The first-order chi connectivity index (χ1) is 16.6. The lowest BCUT2D eigenvalue weighted by atomic mass is 10.1. The van der Waals surface area contributed by atoms with Crippen LogP contribution in [0.15, 0.2) is 66.7 Å². The van der Waals surface area contributed by atoms with Gasteiger partial charge in [-0.05, 0) is 66.1 Å². The normalized spacial score (nSPS) is 12.5. The van der Waals surface area contributed by atoms with E-state index in [1.54, 1.807) is 42.5 Å². The molecule has 0 spiro atoms. The molecule has 0 aliphatic rings. The van der Waals surface area contributed by atoms with Gasteiger partial charge in [0.15, 0.2) is 0 Å². The van der Waals surface area contributed by atoms with Crippen molar-refractivity contribution >= 4 is 38.9 Å². The number of aromatic hydroxyl groups is 1. The van der Waals surface area contributed by atoms with Gasteiger partial charge in [-0.1, -0.05) is 41.4 Å². The van der Waals surface area contributed by atoms with E-state index in [4.69, 9.17) is 27.9 Å². The highest BCUT2D eigenvalue weighted by Crippen LogP contribution is 2.23. The van der Waals surface area contributed by atoms with Crippen LogP contribution in [0.25, 0.3) is 0 Å². The van der Waals surface area contributed by atoms with Crippen molar-refractivity contribution in [1.29, 1.82) is 0 Å². The molecular weight excluding hydrogens is 511 g/mol. The Morgan fingerprint density at radius 1 is 0.971 bits per heavy atom. The second kappa shape index (κ2) is 12.5. The first kappa shape index (κ1) is 27.1. The smallest absolute Gasteiger partial charge is 0.229 e. The molecule has 3 rings (SSSR count). The summed E-state index contributed by atoms with van der Waals surface area (Å²) in [5.41, 5.74) is 2.46. The van der Waals surface area contributed by atoms with Crippen molar-refractivity contribution in [2.75, 3.05) is 30.7 Å². The Kier molecular flexibility index (Phi) is 9.65. The Labute approximate surface area is 215 Å². The molecule has 1 atom stereocenters. The summed E-state index contributed by atoms with van der Waals surface area (Å²) in [7, 11) is -3.35. The predicted octanol–water partition coefficient (Wildman–Crippen LogP) is 4.56. The van der Waals surface area contributed by atoms with Crippen molar-refractivity contribution in [2.45, 2.75) is 19.1 Å². The van der Waals surface area contributed by atoms with Crippen molar-refractivity contribution in [2.24, 2.45) is 0 Å². The van der Waals surface area contributed by atoms with Crippen LogP contribution in [-0.4, -0.2) is 55.6 Å². The summed E-state index contributed by atoms with van der Waals surface area (Å²) in [5.74, 6) is 0.714. The number of nitrogens with one attached hydrogen (secondary N) is 1. The lowest BCUT2D eigenvalue weighted by Gasteiger charge is -2.25. The standard InChI is InChI=1S/C25H28Cl2N2O5S/c1-35(32,33)28-20-5-9-23(10-6-20)34-17-22(31)16-29(15-19-2-7-21(30)8-3-19)13-12-18-4-11-24(26)25(27)14-18/h2-11,14,22,28,30-31H,12-13,15-17H2,1H3/t22-/m0/s1. The Morgan fingerprint density at radius 2 is 1.63 bits per heavy atom. The van der Waals surface area contributed by atoms with Crippen LogP contribution >= 0.6 is 23.2 Å². The van der Waals surface area contributed by atoms with E-state index in [0.717, 1.165) is 17.4 Å². The van der Waals surface area contributed by atoms with Crippen LogP contribution in [0, 0.1) is 0 Å². The zero-order valence-electron chi connectivity index (χ0n) is 19.2. The Hall–Kier alpha value is -2.49. The number of hydrogen-bond donors (Lipinski definition) is 3. The minimum atomic E-state index is -3.35. The molecule has 7 nitrogen and oxygen atoms in total. The van der Waals surface area contributed by atoms with E-state index >= 15 is 0 Å². The largest absolute Gasteiger partial charge is 0.508 e. The molecule has 0 unspecified atom stereocenters. The zero-order valence-corrected chi connectivity index (χ0v) is 21.5. The second-order valence-electron chi connectivity index (χ2n) is 8.26. The lowest BCUT2D eigenvalue weighted by molar-refractivity contribution is 0.0659. The van der Waals surface area contributed by atoms with E-state index in [9.17, 15) is 18.6 Å². The van der Waals surface area contributed by atoms with E-state index in [1.807, 2.05) is 24.3 Å². The van der Waals surface area contributed by atoms with Crippen LogP contribution in [0.2, 0.25) is 10.0 Å². The van der Waals surface area contributed by atoms with Crippen LogP contribution < -0.4 is 9.46 Å². The Bertz CT molecular complexity index is 1210. The second-order valence-corrected chi connectivity index (χ2v) is 10.8. The van der Waals surface area contributed by atoms with Crippen LogP contribution in [0.4, 0.5) is 5.69 Å². The molecular formula is C25H28Cl2N2O5S. The zero-order chi connectivity index (χ0) is 25.4. The molecule has 3 aromatic carbocycles. The number of aliphatic hydroxyl groups is 1. The van der Waals surface area contributed by atoms with Gasteiger partial charge in [-0.25, -0.2) is 8.42 Å². The van der Waals surface area contributed by atoms with Gasteiger partial charge in [-0.15, -0.1) is 0 Å². The molecule has 35 heavy (non-hydrogen) atoms. The molecule has 188 valence electrons. The van der Waals surface area contributed by atoms with E-state index in [1.165, 1.54) is 0 Å². The fourth-order valence-electron chi connectivity index (χ4n) is 3.45. The summed E-state index contributed by atoms with van der Waals surface area (Å²) in [4.78, 5) is 2.10. The quantitative estimate of drug-likeness (QED) is 0.312. The maximum absolute atomic E-state index is 11.3. The summed E-state index contributed by atoms with van der Waals surface area (Å²) < 4.78 is 30.7. The van der Waals surface area contributed by atoms with Gasteiger partial charge in [0.05, 0.1) is 16.3 Å². The molecule has 10 heteroatoms. The number of phenols is 1. The molecule has 0 aromatic heterocycles. The number of rotatable bonds is 12. The van der Waals surface area contributed by atoms with Crippen LogP contribution in [0.5, 0.6) is 11.5 Å². The average molecular weight is 539 g/mol. The number of hydrogen-bond acceptors (Lipinski definition) is 6. The summed E-state index contributed by atoms with van der Waals surface area (Å²) in [6.07, 6.45) is 1.02. The van der Waals surface area contributed by atoms with Gasteiger partial charge < -0.3 is 14.9 Å². The number of aliphatic hydroxyl groups excluding tert-OH is 1. The third-order valence-corrected chi connectivity index (χ3v) is 6.46. The molecule has 0 aliphatic heterocycles. The first-order valence-electron chi connectivity index (χ1n) is 10.9. The summed E-state index contributed by atoms with van der Waals surface area (Å²) in [5, 5.41) is 21.2. The van der Waals surface area contributed by atoms with E-state index in [0.29, 0.717) is 47.5 Å². The van der Waals surface area contributed by atoms with Crippen LogP contribution in [-0.2, 0) is 23.0 Å². The Morgan fingerprint density at radius 3 is 2.26 bits per heavy atom. The summed E-state index contributed by atoms with van der Waals surface area (Å²) >= 11 is 12.2. The van der Waals surface area contributed by atoms with Crippen molar-refractivity contribution in [3.05, 3.63) is 87.9 Å². The lowest BCUT2D eigenvalue weighted by Crippen LogP contribution is -2.36. The van der Waals surface area contributed by atoms with Gasteiger partial charge in [-0.2, -0.15) is 0 Å². The molecule has 0 radical (unpaired) electrons. The fourth-order valence-corrected chi connectivity index (χ4v) is 4.34. The number of phenolic OH excluding ortho intramolecular Hbond substituents is 1. The molecule has 3 aromatic rings. The van der Waals surface area contributed by atoms with E-state index < -0.39 is 16.1 Å². The maximum Gasteiger partial charge on any atom is 0.229 e. The molecule has 0 amide bonds. The van der Waals surface area contributed by atoms with Gasteiger partial charge in [0.25, 0.3) is 0 Å². The highest BCUT2D eigenvalue weighted by atomic mass is 35.5. The molecule has 0 fully saturated rings. The first-order valence-corrected chi connectivity index (χ1v) is 13.5. The molecule has 3 N–H and O–H groups in total. The van der Waals surface area contributed by atoms with Gasteiger partial charge in [0.1, 0.15) is 24.2 Å². The third-order valence-electron chi connectivity index (χ3n) is 5.11. The fraction of sp³-hybridized carbons (Fsp3) is 0.280. The number of ether oxygens (including phenoxy) is 1. The van der Waals surface area contributed by atoms with Crippen molar-refractivity contribution in [3.63, 3.8) is 0 Å². The Balaban J connectivity index is 1.59. The average Bonchev–Trinajstić information content (AvgIpc) is 2.79. The minimum absolute atomic E-state index is 0.0672. The van der Waals surface area contributed by atoms with Crippen LogP contribution in [0.1, 0.15) is 11.1 Å².